The Kier molecular flexibility index (Phi) is 4.98. The zero-order chi connectivity index (χ0) is 19.5. The van der Waals surface area contributed by atoms with Gasteiger partial charge in [0.1, 0.15) is 17.5 Å². The van der Waals surface area contributed by atoms with E-state index in [4.69, 9.17) is 5.26 Å². The second-order valence-electron chi connectivity index (χ2n) is 7.41. The Bertz CT molecular complexity index is 1040. The predicted octanol–water partition coefficient (Wildman–Crippen LogP) is 3.67. The number of carbonyl (C=O) groups is 1. The Morgan fingerprint density at radius 3 is 2.64 bits per heavy atom. The third-order valence-electron chi connectivity index (χ3n) is 5.30. The Morgan fingerprint density at radius 2 is 1.89 bits per heavy atom. The second-order valence-corrected chi connectivity index (χ2v) is 7.41. The number of benzene rings is 1. The summed E-state index contributed by atoms with van der Waals surface area (Å²) in [5, 5.41) is 15.8. The Labute approximate surface area is 164 Å². The minimum Gasteiger partial charge on any atom is -0.368 e. The van der Waals surface area contributed by atoms with E-state index < -0.39 is 0 Å². The molecular weight excluding hydrogens is 350 g/mol. The summed E-state index contributed by atoms with van der Waals surface area (Å²) in [5.41, 5.74) is 2.99. The second kappa shape index (κ2) is 7.73. The number of nitrogens with zero attached hydrogens (tertiary/aromatic N) is 3. The van der Waals surface area contributed by atoms with Crippen molar-refractivity contribution in [2.24, 2.45) is 0 Å². The minimum atomic E-state index is 0.00678. The maximum atomic E-state index is 12.5. The van der Waals surface area contributed by atoms with Gasteiger partial charge in [0.2, 0.25) is 0 Å². The number of aromatic nitrogens is 2. The first-order valence-electron chi connectivity index (χ1n) is 9.64. The van der Waals surface area contributed by atoms with E-state index in [1.807, 2.05) is 53.8 Å². The number of anilines is 1. The molecule has 1 aromatic carbocycles. The normalized spacial score (nSPS) is 19.1. The summed E-state index contributed by atoms with van der Waals surface area (Å²) >= 11 is 0. The van der Waals surface area contributed by atoms with Gasteiger partial charge < -0.3 is 10.6 Å². The summed E-state index contributed by atoms with van der Waals surface area (Å²) in [6.45, 7) is 1.99. The summed E-state index contributed by atoms with van der Waals surface area (Å²) in [6.07, 6.45) is 5.60. The van der Waals surface area contributed by atoms with E-state index in [-0.39, 0.29) is 11.9 Å². The van der Waals surface area contributed by atoms with Crippen LogP contribution in [0.1, 0.15) is 47.3 Å². The lowest BCUT2D eigenvalue weighted by Crippen LogP contribution is -2.40. The molecule has 6 heteroatoms. The number of carbonyl (C=O) groups excluding carboxylic acids is 1. The molecule has 1 aliphatic rings. The molecule has 0 bridgehead atoms. The quantitative estimate of drug-likeness (QED) is 0.731. The van der Waals surface area contributed by atoms with E-state index in [1.165, 1.54) is 0 Å². The summed E-state index contributed by atoms with van der Waals surface area (Å²) in [7, 11) is 0. The van der Waals surface area contributed by atoms with Crippen LogP contribution in [-0.2, 0) is 0 Å². The first-order valence-corrected chi connectivity index (χ1v) is 9.64. The summed E-state index contributed by atoms with van der Waals surface area (Å²) in [4.78, 5) is 16.7. The topological polar surface area (TPSA) is 82.2 Å². The number of hydrogen-bond acceptors (Lipinski definition) is 4. The van der Waals surface area contributed by atoms with Gasteiger partial charge in [-0.1, -0.05) is 23.8 Å². The van der Waals surface area contributed by atoms with Crippen molar-refractivity contribution >= 4 is 17.4 Å². The molecule has 1 amide bonds. The van der Waals surface area contributed by atoms with Crippen LogP contribution >= 0.6 is 0 Å². The molecule has 2 aromatic heterocycles. The van der Waals surface area contributed by atoms with Crippen molar-refractivity contribution in [3.05, 3.63) is 65.5 Å². The summed E-state index contributed by atoms with van der Waals surface area (Å²) < 4.78 is 1.92. The molecule has 2 N–H and O–H groups in total. The average molecular weight is 373 g/mol. The molecule has 0 atom stereocenters. The van der Waals surface area contributed by atoms with Gasteiger partial charge in [0.15, 0.2) is 5.69 Å². The highest BCUT2D eigenvalue weighted by molar-refractivity contribution is 5.94. The number of nitrogens with one attached hydrogen (secondary N) is 2. The van der Waals surface area contributed by atoms with Gasteiger partial charge in [-0.25, -0.2) is 4.98 Å². The Balaban J connectivity index is 1.35. The number of aryl methyl sites for hydroxylation is 1. The highest BCUT2D eigenvalue weighted by Crippen LogP contribution is 2.23. The van der Waals surface area contributed by atoms with Crippen molar-refractivity contribution in [3.8, 4) is 6.07 Å². The van der Waals surface area contributed by atoms with E-state index in [0.29, 0.717) is 11.7 Å². The molecule has 142 valence electrons. The van der Waals surface area contributed by atoms with E-state index in [9.17, 15) is 4.79 Å². The third kappa shape index (κ3) is 3.84. The molecule has 6 nitrogen and oxygen atoms in total. The third-order valence-corrected chi connectivity index (χ3v) is 5.30. The van der Waals surface area contributed by atoms with Gasteiger partial charge in [0.05, 0.1) is 0 Å². The van der Waals surface area contributed by atoms with Crippen LogP contribution in [0.25, 0.3) is 5.65 Å². The molecule has 1 aliphatic carbocycles. The van der Waals surface area contributed by atoms with Crippen molar-refractivity contribution in [1.82, 2.24) is 14.7 Å². The monoisotopic (exact) mass is 373 g/mol. The van der Waals surface area contributed by atoms with Gasteiger partial charge in [-0.2, -0.15) is 5.26 Å². The maximum Gasteiger partial charge on any atom is 0.251 e. The van der Waals surface area contributed by atoms with Gasteiger partial charge in [-0.3, -0.25) is 9.20 Å². The average Bonchev–Trinajstić information content (AvgIpc) is 3.14. The van der Waals surface area contributed by atoms with E-state index in [2.05, 4.69) is 21.7 Å². The lowest BCUT2D eigenvalue weighted by Gasteiger charge is -2.30. The lowest BCUT2D eigenvalue weighted by molar-refractivity contribution is 0.0926. The highest BCUT2D eigenvalue weighted by atomic mass is 16.1. The van der Waals surface area contributed by atoms with Crippen molar-refractivity contribution < 1.29 is 4.79 Å². The lowest BCUT2D eigenvalue weighted by atomic mass is 9.91. The molecule has 28 heavy (non-hydrogen) atoms. The van der Waals surface area contributed by atoms with Crippen LogP contribution < -0.4 is 10.6 Å². The van der Waals surface area contributed by atoms with Crippen LogP contribution in [0.3, 0.4) is 0 Å². The van der Waals surface area contributed by atoms with Crippen molar-refractivity contribution in [2.75, 3.05) is 5.32 Å². The van der Waals surface area contributed by atoms with Crippen LogP contribution in [-0.4, -0.2) is 27.4 Å². The van der Waals surface area contributed by atoms with Crippen LogP contribution in [0.5, 0.6) is 0 Å². The predicted molar refractivity (Wildman–Crippen MR) is 108 cm³/mol. The molecule has 4 rings (SSSR count). The van der Waals surface area contributed by atoms with Crippen LogP contribution in [0.4, 0.5) is 5.82 Å². The zero-order valence-electron chi connectivity index (χ0n) is 15.9. The van der Waals surface area contributed by atoms with E-state index in [1.54, 1.807) is 6.20 Å². The Morgan fingerprint density at radius 1 is 1.14 bits per heavy atom. The largest absolute Gasteiger partial charge is 0.368 e. The standard InChI is InChI=1S/C22H23N5O/c1-15-4-2-5-16(12-15)22(28)26-18-10-8-17(9-11-18)24-20-6-3-7-21-25-19(13-23)14-27(20)21/h2-7,12,14,17-18,24H,8-11H2,1H3,(H,26,28)/t17-,18+. The highest BCUT2D eigenvalue weighted by Gasteiger charge is 2.23. The first kappa shape index (κ1) is 18.1. The van der Waals surface area contributed by atoms with Crippen molar-refractivity contribution in [1.29, 1.82) is 5.26 Å². The molecule has 0 spiro atoms. The van der Waals surface area contributed by atoms with E-state index >= 15 is 0 Å². The zero-order valence-corrected chi connectivity index (χ0v) is 15.9. The van der Waals surface area contributed by atoms with Gasteiger partial charge in [-0.05, 0) is 56.9 Å². The maximum absolute atomic E-state index is 12.5. The smallest absolute Gasteiger partial charge is 0.251 e. The number of imidazole rings is 1. The fraction of sp³-hybridized carbons (Fsp3) is 0.318. The number of hydrogen-bond donors (Lipinski definition) is 2. The van der Waals surface area contributed by atoms with Gasteiger partial charge in [0.25, 0.3) is 5.91 Å². The molecule has 1 saturated carbocycles. The minimum absolute atomic E-state index is 0.00678. The van der Waals surface area contributed by atoms with Crippen molar-refractivity contribution in [2.45, 2.75) is 44.7 Å². The fourth-order valence-electron chi connectivity index (χ4n) is 3.83. The fourth-order valence-corrected chi connectivity index (χ4v) is 3.83. The molecule has 0 radical (unpaired) electrons. The molecular formula is C22H23N5O. The first-order chi connectivity index (χ1) is 13.6. The SMILES string of the molecule is Cc1cccc(C(=O)N[C@H]2CC[C@@H](Nc3cccc4nc(C#N)cn34)CC2)c1. The van der Waals surface area contributed by atoms with E-state index in [0.717, 1.165) is 48.3 Å². The number of rotatable bonds is 4. The number of fused-ring (bicyclic) bond motifs is 1. The molecule has 3 aromatic rings. The van der Waals surface area contributed by atoms with Crippen molar-refractivity contribution in [3.63, 3.8) is 0 Å². The molecule has 0 unspecified atom stereocenters. The molecule has 0 aliphatic heterocycles. The summed E-state index contributed by atoms with van der Waals surface area (Å²) in [5.74, 6) is 0.950. The van der Waals surface area contributed by atoms with Crippen LogP contribution in [0.15, 0.2) is 48.7 Å². The number of nitriles is 1. The molecule has 1 fully saturated rings. The molecule has 2 heterocycles. The van der Waals surface area contributed by atoms with Gasteiger partial charge >= 0.3 is 0 Å². The van der Waals surface area contributed by atoms with Gasteiger partial charge in [-0.15, -0.1) is 0 Å². The van der Waals surface area contributed by atoms with Crippen LogP contribution in [0, 0.1) is 18.3 Å². The van der Waals surface area contributed by atoms with Crippen LogP contribution in [0.2, 0.25) is 0 Å². The van der Waals surface area contributed by atoms with Gasteiger partial charge in [0, 0.05) is 23.8 Å². The number of amides is 1. The molecule has 0 saturated heterocycles. The Hall–Kier alpha value is -3.33. The summed E-state index contributed by atoms with van der Waals surface area (Å²) in [6, 6.07) is 16.2. The number of pyridine rings is 1.